The molecule has 0 spiro atoms. The molecular formula is C13H13ClSZn. The Morgan fingerprint density at radius 2 is 1.69 bits per heavy atom. The summed E-state index contributed by atoms with van der Waals surface area (Å²) in [7, 11) is 0. The number of hydrogen-bond acceptors (Lipinski definition) is 1. The van der Waals surface area contributed by atoms with Crippen LogP contribution in [0.15, 0.2) is 36.4 Å². The quantitative estimate of drug-likeness (QED) is 0.580. The summed E-state index contributed by atoms with van der Waals surface area (Å²) in [6.45, 7) is 4.43. The number of benzene rings is 1. The van der Waals surface area contributed by atoms with Crippen molar-refractivity contribution in [2.45, 2.75) is 19.8 Å². The Kier molecular flexibility index (Phi) is 7.14. The summed E-state index contributed by atoms with van der Waals surface area (Å²) in [6.07, 6.45) is 0. The van der Waals surface area contributed by atoms with Crippen molar-refractivity contribution in [3.05, 3.63) is 47.3 Å². The Balaban J connectivity index is 0.00000112. The van der Waals surface area contributed by atoms with Crippen molar-refractivity contribution in [2.24, 2.45) is 0 Å². The molecule has 1 aromatic carbocycles. The third-order valence-corrected chi connectivity index (χ3v) is 3.18. The van der Waals surface area contributed by atoms with E-state index in [0.717, 1.165) is 0 Å². The van der Waals surface area contributed by atoms with Gasteiger partial charge in [0.05, 0.1) is 0 Å². The van der Waals surface area contributed by atoms with Gasteiger partial charge in [-0.1, -0.05) is 43.7 Å². The number of thiophene rings is 1. The summed E-state index contributed by atoms with van der Waals surface area (Å²) < 4.78 is 0. The average Bonchev–Trinajstić information content (AvgIpc) is 2.71. The van der Waals surface area contributed by atoms with Crippen LogP contribution in [0.4, 0.5) is 0 Å². The molecule has 0 aliphatic heterocycles. The van der Waals surface area contributed by atoms with Crippen LogP contribution in [0.5, 0.6) is 0 Å². The van der Waals surface area contributed by atoms with Gasteiger partial charge < -0.3 is 12.4 Å². The summed E-state index contributed by atoms with van der Waals surface area (Å²) in [5.41, 5.74) is 2.69. The van der Waals surface area contributed by atoms with Crippen molar-refractivity contribution in [3.63, 3.8) is 0 Å². The molecular weight excluding hydrogens is 289 g/mol. The van der Waals surface area contributed by atoms with Crippen molar-refractivity contribution < 1.29 is 31.9 Å². The van der Waals surface area contributed by atoms with Gasteiger partial charge in [0, 0.05) is 0 Å². The number of hydrogen-bond donors (Lipinski definition) is 0. The molecule has 0 fully saturated rings. The minimum Gasteiger partial charge on any atom is -1.00 e. The Bertz CT molecular complexity index is 392. The van der Waals surface area contributed by atoms with Gasteiger partial charge in [0.15, 0.2) is 0 Å². The van der Waals surface area contributed by atoms with Crippen LogP contribution in [-0.2, 0) is 19.5 Å². The van der Waals surface area contributed by atoms with E-state index in [1.807, 2.05) is 6.07 Å². The van der Waals surface area contributed by atoms with E-state index in [1.165, 1.54) is 16.0 Å². The molecule has 0 bridgehead atoms. The Hall–Kier alpha value is -0.167. The zero-order chi connectivity index (χ0) is 9.97. The predicted molar refractivity (Wildman–Crippen MR) is 62.7 cm³/mol. The fourth-order valence-electron chi connectivity index (χ4n) is 1.43. The molecule has 2 aromatic rings. The normalized spacial score (nSPS) is 9.44. The first-order valence-corrected chi connectivity index (χ1v) is 5.65. The molecule has 1 aromatic heterocycles. The van der Waals surface area contributed by atoms with Crippen LogP contribution in [0.2, 0.25) is 0 Å². The molecule has 0 aliphatic rings. The van der Waals surface area contributed by atoms with Gasteiger partial charge in [-0.3, -0.25) is 11.3 Å². The first-order chi connectivity index (χ1) is 6.77. The first-order valence-electron chi connectivity index (χ1n) is 4.83. The summed E-state index contributed by atoms with van der Waals surface area (Å²) in [4.78, 5) is 1.29. The van der Waals surface area contributed by atoms with E-state index < -0.39 is 0 Å². The summed E-state index contributed by atoms with van der Waals surface area (Å²) in [6, 6.07) is 12.9. The van der Waals surface area contributed by atoms with Crippen LogP contribution < -0.4 is 12.4 Å². The second-order valence-electron chi connectivity index (χ2n) is 3.69. The van der Waals surface area contributed by atoms with E-state index in [4.69, 9.17) is 0 Å². The van der Waals surface area contributed by atoms with Crippen molar-refractivity contribution >= 4 is 11.3 Å². The summed E-state index contributed by atoms with van der Waals surface area (Å²) in [5, 5.41) is 3.11. The van der Waals surface area contributed by atoms with Gasteiger partial charge in [-0.15, -0.1) is 10.3 Å². The van der Waals surface area contributed by atoms with Crippen LogP contribution in [0.1, 0.15) is 25.3 Å². The average molecular weight is 302 g/mol. The van der Waals surface area contributed by atoms with E-state index >= 15 is 0 Å². The molecule has 0 saturated carbocycles. The van der Waals surface area contributed by atoms with Gasteiger partial charge in [0.1, 0.15) is 0 Å². The van der Waals surface area contributed by atoms with E-state index in [1.54, 1.807) is 11.3 Å². The largest absolute Gasteiger partial charge is 2.00 e. The molecule has 0 saturated heterocycles. The topological polar surface area (TPSA) is 0 Å². The maximum absolute atomic E-state index is 3.11. The van der Waals surface area contributed by atoms with Crippen LogP contribution in [-0.4, -0.2) is 0 Å². The molecule has 0 radical (unpaired) electrons. The molecule has 0 aliphatic carbocycles. The van der Waals surface area contributed by atoms with Gasteiger partial charge in [-0.2, -0.15) is 12.1 Å². The molecule has 16 heavy (non-hydrogen) atoms. The van der Waals surface area contributed by atoms with Crippen LogP contribution in [0, 0.1) is 5.38 Å². The maximum Gasteiger partial charge on any atom is 2.00 e. The molecule has 0 nitrogen and oxygen atoms in total. The van der Waals surface area contributed by atoms with Gasteiger partial charge in [0.2, 0.25) is 0 Å². The second kappa shape index (κ2) is 7.22. The third-order valence-electron chi connectivity index (χ3n) is 2.33. The fraction of sp³-hybridized carbons (Fsp3) is 0.231. The zero-order valence-corrected chi connectivity index (χ0v) is 14.1. The van der Waals surface area contributed by atoms with E-state index in [0.29, 0.717) is 5.92 Å². The fourth-order valence-corrected chi connectivity index (χ4v) is 2.08. The van der Waals surface area contributed by atoms with Gasteiger partial charge in [-0.05, 0) is 11.5 Å². The standard InChI is InChI=1S/C13H13S.ClH.Zn/c1-10(2)11-5-7-12(8-6-11)13-4-3-9-14-13;;/h3-8,10H,1-2H3;1H;/q-1;;+2/p-1. The summed E-state index contributed by atoms with van der Waals surface area (Å²) in [5.74, 6) is 0.610. The van der Waals surface area contributed by atoms with Crippen molar-refractivity contribution in [1.29, 1.82) is 0 Å². The first kappa shape index (κ1) is 15.8. The molecule has 2 rings (SSSR count). The Morgan fingerprint density at radius 3 is 2.12 bits per heavy atom. The third kappa shape index (κ3) is 3.69. The van der Waals surface area contributed by atoms with Crippen LogP contribution >= 0.6 is 11.3 Å². The molecule has 0 unspecified atom stereocenters. The zero-order valence-electron chi connectivity index (χ0n) is 9.53. The van der Waals surface area contributed by atoms with E-state index in [2.05, 4.69) is 49.6 Å². The minimum atomic E-state index is 0. The smallest absolute Gasteiger partial charge is 1.00 e. The Labute approximate surface area is 120 Å². The molecule has 1 heterocycles. The number of rotatable bonds is 2. The summed E-state index contributed by atoms with van der Waals surface area (Å²) >= 11 is 1.67. The van der Waals surface area contributed by atoms with Crippen LogP contribution in [0.25, 0.3) is 10.4 Å². The SMILES string of the molecule is CC(C)c1ccc(-c2cc[c-]s2)cc1.[Cl-].[Zn+2]. The van der Waals surface area contributed by atoms with Crippen molar-refractivity contribution in [2.75, 3.05) is 0 Å². The van der Waals surface area contributed by atoms with Gasteiger partial charge in [-0.25, -0.2) is 0 Å². The van der Waals surface area contributed by atoms with Gasteiger partial charge >= 0.3 is 19.5 Å². The maximum atomic E-state index is 3.11. The van der Waals surface area contributed by atoms with Crippen LogP contribution in [0.3, 0.4) is 0 Å². The second-order valence-corrected chi connectivity index (χ2v) is 4.57. The molecule has 3 heteroatoms. The van der Waals surface area contributed by atoms with E-state index in [-0.39, 0.29) is 31.9 Å². The van der Waals surface area contributed by atoms with Gasteiger partial charge in [0.25, 0.3) is 0 Å². The monoisotopic (exact) mass is 300 g/mol. The predicted octanol–water partition coefficient (Wildman–Crippen LogP) is 1.34. The van der Waals surface area contributed by atoms with E-state index in [9.17, 15) is 0 Å². The Morgan fingerprint density at radius 1 is 1.06 bits per heavy atom. The molecule has 0 atom stereocenters. The van der Waals surface area contributed by atoms with Crippen molar-refractivity contribution in [3.8, 4) is 10.4 Å². The minimum absolute atomic E-state index is 0. The molecule has 0 amide bonds. The number of halogens is 1. The molecule has 80 valence electrons. The molecule has 0 N–H and O–H groups in total. The van der Waals surface area contributed by atoms with Crippen molar-refractivity contribution in [1.82, 2.24) is 0 Å².